The Labute approximate surface area is 135 Å². The van der Waals surface area contributed by atoms with Crippen molar-refractivity contribution in [2.24, 2.45) is 10.7 Å². The summed E-state index contributed by atoms with van der Waals surface area (Å²) in [6.45, 7) is 1.79. The average molecular weight is 309 g/mol. The number of likely N-dealkylation sites (N-methyl/N-ethyl adjacent to an activating group) is 1. The van der Waals surface area contributed by atoms with Crippen molar-refractivity contribution in [2.75, 3.05) is 14.2 Å². The van der Waals surface area contributed by atoms with Crippen LogP contribution in [-0.4, -0.2) is 30.9 Å². The van der Waals surface area contributed by atoms with Crippen molar-refractivity contribution in [3.8, 4) is 16.9 Å². The molecule has 0 bridgehead atoms. The fourth-order valence-electron chi connectivity index (χ4n) is 2.77. The summed E-state index contributed by atoms with van der Waals surface area (Å²) >= 11 is 0. The molecule has 0 radical (unpaired) electrons. The zero-order valence-corrected chi connectivity index (χ0v) is 13.4. The molecule has 2 aromatic rings. The molecule has 2 aromatic carbocycles. The van der Waals surface area contributed by atoms with Crippen LogP contribution in [0.3, 0.4) is 0 Å². The lowest BCUT2D eigenvalue weighted by molar-refractivity contribution is -0.130. The molecule has 118 valence electrons. The standard InChI is InChI=1S/C18H19N3O2/c1-18(16(22)21(2)17(19)20-18)14-8-4-6-12(10-14)13-7-5-9-15(11-13)23-3/h4-11H,1-3H3,(H2,19,20). The van der Waals surface area contributed by atoms with E-state index < -0.39 is 5.54 Å². The topological polar surface area (TPSA) is 67.9 Å². The number of amides is 1. The van der Waals surface area contributed by atoms with Crippen LogP contribution in [0.25, 0.3) is 11.1 Å². The molecule has 1 amide bonds. The number of rotatable bonds is 3. The van der Waals surface area contributed by atoms with Crippen molar-refractivity contribution >= 4 is 11.9 Å². The van der Waals surface area contributed by atoms with Crippen molar-refractivity contribution in [1.82, 2.24) is 4.90 Å². The van der Waals surface area contributed by atoms with Crippen LogP contribution in [0.15, 0.2) is 53.5 Å². The van der Waals surface area contributed by atoms with Gasteiger partial charge >= 0.3 is 0 Å². The summed E-state index contributed by atoms with van der Waals surface area (Å²) in [5.74, 6) is 0.903. The fourth-order valence-corrected chi connectivity index (χ4v) is 2.77. The van der Waals surface area contributed by atoms with Gasteiger partial charge in [-0.2, -0.15) is 0 Å². The van der Waals surface area contributed by atoms with Crippen LogP contribution in [0.2, 0.25) is 0 Å². The average Bonchev–Trinajstić information content (AvgIpc) is 2.79. The van der Waals surface area contributed by atoms with Crippen molar-refractivity contribution in [1.29, 1.82) is 0 Å². The molecule has 0 saturated carbocycles. The van der Waals surface area contributed by atoms with Gasteiger partial charge in [0.2, 0.25) is 0 Å². The number of carbonyl (C=O) groups excluding carboxylic acids is 1. The van der Waals surface area contributed by atoms with E-state index in [0.29, 0.717) is 0 Å². The first kappa shape index (κ1) is 15.1. The molecular weight excluding hydrogens is 290 g/mol. The van der Waals surface area contributed by atoms with Crippen molar-refractivity contribution in [2.45, 2.75) is 12.5 Å². The van der Waals surface area contributed by atoms with Gasteiger partial charge in [0.05, 0.1) is 7.11 Å². The van der Waals surface area contributed by atoms with Gasteiger partial charge in [-0.25, -0.2) is 4.99 Å². The third-order valence-electron chi connectivity index (χ3n) is 4.23. The SMILES string of the molecule is COc1cccc(-c2cccc(C3(C)N=C(N)N(C)C3=O)c2)c1. The van der Waals surface area contributed by atoms with Crippen molar-refractivity contribution in [3.05, 3.63) is 54.1 Å². The molecule has 0 aliphatic carbocycles. The molecule has 1 heterocycles. The Bertz CT molecular complexity index is 800. The van der Waals surface area contributed by atoms with Gasteiger partial charge in [0.15, 0.2) is 11.5 Å². The van der Waals surface area contributed by atoms with Crippen LogP contribution in [0.1, 0.15) is 12.5 Å². The molecule has 1 aliphatic rings. The van der Waals surface area contributed by atoms with Gasteiger partial charge in [-0.05, 0) is 41.8 Å². The highest BCUT2D eigenvalue weighted by Gasteiger charge is 2.43. The van der Waals surface area contributed by atoms with E-state index in [1.54, 1.807) is 21.1 Å². The Morgan fingerprint density at radius 3 is 2.39 bits per heavy atom. The summed E-state index contributed by atoms with van der Waals surface area (Å²) in [5, 5.41) is 0. The Morgan fingerprint density at radius 1 is 1.13 bits per heavy atom. The van der Waals surface area contributed by atoms with Crippen LogP contribution < -0.4 is 10.5 Å². The maximum Gasteiger partial charge on any atom is 0.261 e. The maximum atomic E-state index is 12.5. The largest absolute Gasteiger partial charge is 0.497 e. The number of guanidine groups is 1. The number of nitrogens with two attached hydrogens (primary N) is 1. The summed E-state index contributed by atoms with van der Waals surface area (Å²) in [6.07, 6.45) is 0. The summed E-state index contributed by atoms with van der Waals surface area (Å²) in [6, 6.07) is 15.6. The highest BCUT2D eigenvalue weighted by atomic mass is 16.5. The van der Waals surface area contributed by atoms with E-state index in [1.807, 2.05) is 48.5 Å². The van der Waals surface area contributed by atoms with Gasteiger partial charge in [-0.15, -0.1) is 0 Å². The molecule has 3 rings (SSSR count). The fraction of sp³-hybridized carbons (Fsp3) is 0.222. The Balaban J connectivity index is 2.05. The van der Waals surface area contributed by atoms with E-state index in [1.165, 1.54) is 4.90 Å². The highest BCUT2D eigenvalue weighted by molar-refractivity contribution is 6.06. The number of aliphatic imine (C=N–C) groups is 1. The monoisotopic (exact) mass is 309 g/mol. The molecular formula is C18H19N3O2. The van der Waals surface area contributed by atoms with E-state index >= 15 is 0 Å². The summed E-state index contributed by atoms with van der Waals surface area (Å²) in [7, 11) is 3.28. The second kappa shape index (κ2) is 5.43. The predicted octanol–water partition coefficient (Wildman–Crippen LogP) is 2.36. The van der Waals surface area contributed by atoms with Crippen LogP contribution in [0, 0.1) is 0 Å². The van der Waals surface area contributed by atoms with Gasteiger partial charge in [0, 0.05) is 7.05 Å². The third-order valence-corrected chi connectivity index (χ3v) is 4.23. The van der Waals surface area contributed by atoms with Gasteiger partial charge in [0.25, 0.3) is 5.91 Å². The minimum Gasteiger partial charge on any atom is -0.497 e. The van der Waals surface area contributed by atoms with Crippen LogP contribution in [0.5, 0.6) is 5.75 Å². The molecule has 0 fully saturated rings. The first-order valence-electron chi connectivity index (χ1n) is 7.34. The highest BCUT2D eigenvalue weighted by Crippen LogP contribution is 2.34. The Hall–Kier alpha value is -2.82. The summed E-state index contributed by atoms with van der Waals surface area (Å²) < 4.78 is 5.27. The summed E-state index contributed by atoms with van der Waals surface area (Å²) in [4.78, 5) is 18.3. The molecule has 1 aliphatic heterocycles. The number of carbonyl (C=O) groups is 1. The van der Waals surface area contributed by atoms with Gasteiger partial charge < -0.3 is 10.5 Å². The number of ether oxygens (including phenoxy) is 1. The van der Waals surface area contributed by atoms with Gasteiger partial charge in [-0.1, -0.05) is 30.3 Å². The second-order valence-corrected chi connectivity index (χ2v) is 5.72. The Morgan fingerprint density at radius 2 is 1.78 bits per heavy atom. The molecule has 0 spiro atoms. The number of benzene rings is 2. The number of methoxy groups -OCH3 is 1. The zero-order valence-electron chi connectivity index (χ0n) is 13.4. The second-order valence-electron chi connectivity index (χ2n) is 5.72. The van der Waals surface area contributed by atoms with Crippen LogP contribution in [0.4, 0.5) is 0 Å². The quantitative estimate of drug-likeness (QED) is 0.946. The molecule has 5 heteroatoms. The molecule has 0 aromatic heterocycles. The smallest absolute Gasteiger partial charge is 0.261 e. The maximum absolute atomic E-state index is 12.5. The molecule has 23 heavy (non-hydrogen) atoms. The lowest BCUT2D eigenvalue weighted by Crippen LogP contribution is -2.38. The van der Waals surface area contributed by atoms with E-state index in [-0.39, 0.29) is 11.9 Å². The predicted molar refractivity (Wildman–Crippen MR) is 90.2 cm³/mol. The van der Waals surface area contributed by atoms with Crippen molar-refractivity contribution in [3.63, 3.8) is 0 Å². The molecule has 0 saturated heterocycles. The van der Waals surface area contributed by atoms with Gasteiger partial charge in [0.1, 0.15) is 5.75 Å². The zero-order chi connectivity index (χ0) is 16.6. The van der Waals surface area contributed by atoms with E-state index in [4.69, 9.17) is 10.5 Å². The molecule has 1 atom stereocenters. The number of hydrogen-bond acceptors (Lipinski definition) is 4. The summed E-state index contributed by atoms with van der Waals surface area (Å²) in [5.41, 5.74) is 7.66. The van der Waals surface area contributed by atoms with Gasteiger partial charge in [-0.3, -0.25) is 9.69 Å². The van der Waals surface area contributed by atoms with Crippen LogP contribution in [-0.2, 0) is 10.3 Å². The molecule has 1 unspecified atom stereocenters. The minimum absolute atomic E-state index is 0.127. The minimum atomic E-state index is -0.978. The number of hydrogen-bond donors (Lipinski definition) is 1. The third kappa shape index (κ3) is 2.44. The normalized spacial score (nSPS) is 20.6. The molecule has 5 nitrogen and oxygen atoms in total. The lowest BCUT2D eigenvalue weighted by Gasteiger charge is -2.21. The first-order chi connectivity index (χ1) is 11.0. The van der Waals surface area contributed by atoms with E-state index in [2.05, 4.69) is 4.99 Å². The van der Waals surface area contributed by atoms with E-state index in [9.17, 15) is 4.79 Å². The van der Waals surface area contributed by atoms with Crippen molar-refractivity contribution < 1.29 is 9.53 Å². The lowest BCUT2D eigenvalue weighted by atomic mass is 9.89. The first-order valence-corrected chi connectivity index (χ1v) is 7.34. The van der Waals surface area contributed by atoms with Crippen LogP contribution >= 0.6 is 0 Å². The Kier molecular flexibility index (Phi) is 3.56. The molecule has 2 N–H and O–H groups in total. The van der Waals surface area contributed by atoms with E-state index in [0.717, 1.165) is 22.4 Å². The number of nitrogens with zero attached hydrogens (tertiary/aromatic N) is 2.